The van der Waals surface area contributed by atoms with Gasteiger partial charge in [-0.05, 0) is 0 Å². The van der Waals surface area contributed by atoms with Gasteiger partial charge in [0.2, 0.25) is 0 Å². The van der Waals surface area contributed by atoms with Gasteiger partial charge in [-0.1, -0.05) is 0 Å². The minimum atomic E-state index is -2.19. The van der Waals surface area contributed by atoms with E-state index in [2.05, 4.69) is 0 Å². The van der Waals surface area contributed by atoms with Crippen molar-refractivity contribution in [3.8, 4) is 0 Å². The van der Waals surface area contributed by atoms with Crippen LogP contribution in [0.2, 0.25) is 0 Å². The van der Waals surface area contributed by atoms with E-state index in [0.29, 0.717) is 0 Å². The molecule has 0 saturated heterocycles. The summed E-state index contributed by atoms with van der Waals surface area (Å²) in [5, 5.41) is 17.9. The molecule has 0 radical (unpaired) electrons. The van der Waals surface area contributed by atoms with Crippen LogP contribution in [0.25, 0.3) is 0 Å². The van der Waals surface area contributed by atoms with Crippen molar-refractivity contribution in [3.63, 3.8) is 0 Å². The summed E-state index contributed by atoms with van der Waals surface area (Å²) in [5.74, 6) is -4.37. The summed E-state index contributed by atoms with van der Waals surface area (Å²) in [6.45, 7) is 0. The van der Waals surface area contributed by atoms with Gasteiger partial charge in [-0.25, -0.2) is 0 Å². The molecule has 42 valence electrons. The van der Waals surface area contributed by atoms with Crippen LogP contribution in [-0.2, 0) is 36.8 Å². The summed E-state index contributed by atoms with van der Waals surface area (Å²) in [6.07, 6.45) is 0. The predicted molar refractivity (Wildman–Crippen MR) is 10.7 cm³/mol. The van der Waals surface area contributed by atoms with Crippen molar-refractivity contribution >= 4 is 11.9 Å². The van der Waals surface area contributed by atoms with Crippen molar-refractivity contribution in [2.24, 2.45) is 0 Å². The molecule has 0 rings (SSSR count). The molecule has 0 fully saturated rings. The van der Waals surface area contributed by atoms with Gasteiger partial charge in [0.15, 0.2) is 0 Å². The first-order chi connectivity index (χ1) is 2.64. The Kier molecular flexibility index (Phi) is 12.9. The van der Waals surface area contributed by atoms with Crippen molar-refractivity contribution < 1.29 is 47.0 Å². The Hall–Kier alpha value is -0.386. The topological polar surface area (TPSA) is 109 Å². The molecule has 0 aromatic heterocycles. The summed E-state index contributed by atoms with van der Waals surface area (Å²) in [7, 11) is 0. The second-order valence-electron chi connectivity index (χ2n) is 0.575. The second-order valence-corrected chi connectivity index (χ2v) is 0.575. The summed E-state index contributed by atoms with van der Waals surface area (Å²) < 4.78 is 0. The molecule has 0 aliphatic heterocycles. The maximum absolute atomic E-state index is 8.93. The largest absolute Gasteiger partial charge is 4.00 e. The van der Waals surface area contributed by atoms with Crippen LogP contribution in [0.5, 0.6) is 0 Å². The first kappa shape index (κ1) is 15.6. The van der Waals surface area contributed by atoms with Crippen molar-refractivity contribution in [1.29, 1.82) is 0 Å². The van der Waals surface area contributed by atoms with E-state index in [4.69, 9.17) is 19.8 Å². The SMILES string of the molecule is O=C([O-])C(=O)[O-].[O-2].[Ti+4]. The average molecular weight is 152 g/mol. The molecule has 0 unspecified atom stereocenters. The number of hydrogen-bond acceptors (Lipinski definition) is 4. The Bertz CT molecular complexity index is 76.4. The van der Waals surface area contributed by atoms with Crippen LogP contribution in [0.15, 0.2) is 0 Å². The molecule has 0 N–H and O–H groups in total. The molecule has 0 heterocycles. The van der Waals surface area contributed by atoms with Gasteiger partial charge in [0.25, 0.3) is 0 Å². The molecule has 0 spiro atoms. The molecule has 0 aliphatic rings. The normalized spacial score (nSPS) is 5.50. The monoisotopic (exact) mass is 152 g/mol. The fraction of sp³-hybridized carbons (Fsp3) is 0. The Morgan fingerprint density at radius 3 is 1.12 bits per heavy atom. The Balaban J connectivity index is -0.000000125. The molecule has 0 aromatic carbocycles. The Morgan fingerprint density at radius 2 is 1.12 bits per heavy atom. The number of rotatable bonds is 0. The Morgan fingerprint density at radius 1 is 1.00 bits per heavy atom. The van der Waals surface area contributed by atoms with Gasteiger partial charge in [-0.3, -0.25) is 0 Å². The van der Waals surface area contributed by atoms with E-state index in [1.807, 2.05) is 0 Å². The van der Waals surface area contributed by atoms with E-state index < -0.39 is 11.9 Å². The molecular weight excluding hydrogens is 152 g/mol. The maximum Gasteiger partial charge on any atom is 4.00 e. The first-order valence-electron chi connectivity index (χ1n) is 1.07. The molecule has 8 heavy (non-hydrogen) atoms. The summed E-state index contributed by atoms with van der Waals surface area (Å²) in [6, 6.07) is 0. The number of hydrogen-bond donors (Lipinski definition) is 0. The average Bonchev–Trinajstić information content (AvgIpc) is 1.36. The van der Waals surface area contributed by atoms with E-state index in [1.165, 1.54) is 0 Å². The van der Waals surface area contributed by atoms with Crippen LogP contribution in [0, 0.1) is 0 Å². The van der Waals surface area contributed by atoms with Crippen molar-refractivity contribution in [1.82, 2.24) is 0 Å². The molecule has 0 aromatic rings. The molecule has 0 saturated carbocycles. The van der Waals surface area contributed by atoms with E-state index in [9.17, 15) is 0 Å². The molecule has 0 bridgehead atoms. The molecule has 5 nitrogen and oxygen atoms in total. The van der Waals surface area contributed by atoms with Crippen molar-refractivity contribution in [3.05, 3.63) is 0 Å². The quantitative estimate of drug-likeness (QED) is 0.263. The van der Waals surface area contributed by atoms with Crippen LogP contribution in [0.4, 0.5) is 0 Å². The van der Waals surface area contributed by atoms with Crippen LogP contribution in [0.3, 0.4) is 0 Å². The molecule has 0 aliphatic carbocycles. The van der Waals surface area contributed by atoms with Gasteiger partial charge < -0.3 is 25.3 Å². The van der Waals surface area contributed by atoms with Crippen molar-refractivity contribution in [2.45, 2.75) is 0 Å². The number of carbonyl (C=O) groups excluding carboxylic acids is 2. The van der Waals surface area contributed by atoms with Gasteiger partial charge >= 0.3 is 21.7 Å². The van der Waals surface area contributed by atoms with Crippen LogP contribution >= 0.6 is 0 Å². The van der Waals surface area contributed by atoms with Gasteiger partial charge in [-0.2, -0.15) is 0 Å². The van der Waals surface area contributed by atoms with Gasteiger partial charge in [0.1, 0.15) is 0 Å². The Labute approximate surface area is 59.5 Å². The van der Waals surface area contributed by atoms with Crippen LogP contribution in [-0.4, -0.2) is 11.9 Å². The van der Waals surface area contributed by atoms with Crippen LogP contribution < -0.4 is 10.2 Å². The number of carboxylic acids is 2. The minimum Gasteiger partial charge on any atom is -2.00 e. The molecular formula is C2O5Ti. The van der Waals surface area contributed by atoms with E-state index >= 15 is 0 Å². The fourth-order valence-corrected chi connectivity index (χ4v) is 0. The third kappa shape index (κ3) is 9.15. The zero-order valence-electron chi connectivity index (χ0n) is 3.54. The summed E-state index contributed by atoms with van der Waals surface area (Å²) in [4.78, 5) is 17.9. The molecule has 0 atom stereocenters. The molecule has 0 amide bonds. The van der Waals surface area contributed by atoms with Gasteiger partial charge in [0, 0.05) is 0 Å². The molecule has 6 heteroatoms. The van der Waals surface area contributed by atoms with Gasteiger partial charge in [-0.15, -0.1) is 0 Å². The summed E-state index contributed by atoms with van der Waals surface area (Å²) in [5.41, 5.74) is 0. The number of carboxylic acid groups (broad SMARTS) is 2. The predicted octanol–water partition coefficient (Wildman–Crippen LogP) is -3.64. The standard InChI is InChI=1S/C2H2O4.O.Ti/c3-1(4)2(5)6;;/h(H,3,4)(H,5,6);;/q;-2;+4/p-2. The number of aliphatic carboxylic acids is 2. The minimum absolute atomic E-state index is 0. The van der Waals surface area contributed by atoms with Crippen molar-refractivity contribution in [2.75, 3.05) is 0 Å². The number of carbonyl (C=O) groups is 2. The third-order valence-corrected chi connectivity index (χ3v) is 0.167. The zero-order chi connectivity index (χ0) is 5.15. The van der Waals surface area contributed by atoms with E-state index in [0.717, 1.165) is 0 Å². The second kappa shape index (κ2) is 6.61. The zero-order valence-corrected chi connectivity index (χ0v) is 5.10. The fourth-order valence-electron chi connectivity index (χ4n) is 0. The first-order valence-corrected chi connectivity index (χ1v) is 1.07. The van der Waals surface area contributed by atoms with E-state index in [-0.39, 0.29) is 27.2 Å². The summed E-state index contributed by atoms with van der Waals surface area (Å²) >= 11 is 0. The third-order valence-electron chi connectivity index (χ3n) is 0.167. The van der Waals surface area contributed by atoms with Crippen LogP contribution in [0.1, 0.15) is 0 Å². The smallest absolute Gasteiger partial charge is 2.00 e. The van der Waals surface area contributed by atoms with Gasteiger partial charge in [0.05, 0.1) is 11.9 Å². The van der Waals surface area contributed by atoms with E-state index in [1.54, 1.807) is 0 Å². The maximum atomic E-state index is 8.93.